The number of hydrogen-bond donors (Lipinski definition) is 3. The Labute approximate surface area is 101 Å². The standard InChI is InChI=1S/C10H13BrFN3O/c11-8-6-7(12)3-4-9(8)14-5-1-2-10(13)15-16/h3-4,6,14,16H,1-2,5H2,(H2,13,15). The third-order valence-corrected chi connectivity index (χ3v) is 2.64. The van der Waals surface area contributed by atoms with Crippen molar-refractivity contribution in [3.63, 3.8) is 0 Å². The molecule has 4 N–H and O–H groups in total. The van der Waals surface area contributed by atoms with Gasteiger partial charge < -0.3 is 16.3 Å². The quantitative estimate of drug-likeness (QED) is 0.256. The van der Waals surface area contributed by atoms with Crippen molar-refractivity contribution in [2.45, 2.75) is 12.8 Å². The van der Waals surface area contributed by atoms with Gasteiger partial charge in [-0.1, -0.05) is 5.16 Å². The van der Waals surface area contributed by atoms with Crippen LogP contribution in [0.1, 0.15) is 12.8 Å². The number of halogens is 2. The van der Waals surface area contributed by atoms with Gasteiger partial charge >= 0.3 is 0 Å². The number of benzene rings is 1. The number of amidine groups is 1. The maximum Gasteiger partial charge on any atom is 0.139 e. The molecule has 0 amide bonds. The van der Waals surface area contributed by atoms with Gasteiger partial charge in [-0.15, -0.1) is 0 Å². The van der Waals surface area contributed by atoms with E-state index < -0.39 is 0 Å². The molecular formula is C10H13BrFN3O. The molecule has 0 saturated carbocycles. The Kier molecular flexibility index (Phi) is 5.04. The van der Waals surface area contributed by atoms with E-state index in [4.69, 9.17) is 10.9 Å². The monoisotopic (exact) mass is 289 g/mol. The van der Waals surface area contributed by atoms with Gasteiger partial charge in [-0.3, -0.25) is 0 Å². The number of nitrogens with two attached hydrogens (primary N) is 1. The first-order valence-electron chi connectivity index (χ1n) is 4.79. The third-order valence-electron chi connectivity index (χ3n) is 1.98. The summed E-state index contributed by atoms with van der Waals surface area (Å²) in [7, 11) is 0. The minimum absolute atomic E-state index is 0.208. The summed E-state index contributed by atoms with van der Waals surface area (Å²) >= 11 is 3.25. The van der Waals surface area contributed by atoms with Gasteiger partial charge in [0.05, 0.1) is 0 Å². The van der Waals surface area contributed by atoms with Crippen LogP contribution in [0.4, 0.5) is 10.1 Å². The molecule has 1 rings (SSSR count). The molecule has 0 aliphatic rings. The lowest BCUT2D eigenvalue weighted by molar-refractivity contribution is 0.316. The van der Waals surface area contributed by atoms with Crippen molar-refractivity contribution in [3.8, 4) is 0 Å². The molecule has 88 valence electrons. The van der Waals surface area contributed by atoms with E-state index in [1.54, 1.807) is 6.07 Å². The van der Waals surface area contributed by atoms with E-state index in [1.165, 1.54) is 12.1 Å². The SMILES string of the molecule is NC(CCCNc1ccc(F)cc1Br)=NO. The number of hydrogen-bond acceptors (Lipinski definition) is 3. The van der Waals surface area contributed by atoms with Crippen LogP contribution in [0, 0.1) is 5.82 Å². The fourth-order valence-electron chi connectivity index (χ4n) is 1.18. The molecule has 0 aromatic heterocycles. The predicted molar refractivity (Wildman–Crippen MR) is 65.2 cm³/mol. The van der Waals surface area contributed by atoms with Gasteiger partial charge in [0, 0.05) is 23.1 Å². The minimum atomic E-state index is -0.283. The van der Waals surface area contributed by atoms with Crippen LogP contribution in [0.3, 0.4) is 0 Å². The van der Waals surface area contributed by atoms with Crippen LogP contribution < -0.4 is 11.1 Å². The number of nitrogens with one attached hydrogen (secondary N) is 1. The van der Waals surface area contributed by atoms with Gasteiger partial charge in [0.2, 0.25) is 0 Å². The summed E-state index contributed by atoms with van der Waals surface area (Å²) < 4.78 is 13.4. The average molecular weight is 290 g/mol. The molecule has 0 bridgehead atoms. The molecule has 1 aromatic carbocycles. The van der Waals surface area contributed by atoms with E-state index in [-0.39, 0.29) is 11.7 Å². The predicted octanol–water partition coefficient (Wildman–Crippen LogP) is 2.53. The Bertz CT molecular complexity index is 384. The molecule has 6 heteroatoms. The van der Waals surface area contributed by atoms with Crippen molar-refractivity contribution in [3.05, 3.63) is 28.5 Å². The van der Waals surface area contributed by atoms with Crippen LogP contribution in [0.5, 0.6) is 0 Å². The van der Waals surface area contributed by atoms with E-state index >= 15 is 0 Å². The Morgan fingerprint density at radius 3 is 2.94 bits per heavy atom. The van der Waals surface area contributed by atoms with Gasteiger partial charge in [0.25, 0.3) is 0 Å². The van der Waals surface area contributed by atoms with Crippen molar-refractivity contribution in [1.29, 1.82) is 0 Å². The van der Waals surface area contributed by atoms with Gasteiger partial charge in [0.1, 0.15) is 11.7 Å². The van der Waals surface area contributed by atoms with Crippen molar-refractivity contribution in [2.24, 2.45) is 10.9 Å². The lowest BCUT2D eigenvalue weighted by Crippen LogP contribution is -2.13. The van der Waals surface area contributed by atoms with Crippen molar-refractivity contribution < 1.29 is 9.60 Å². The fraction of sp³-hybridized carbons (Fsp3) is 0.300. The zero-order valence-corrected chi connectivity index (χ0v) is 10.2. The lowest BCUT2D eigenvalue weighted by atomic mass is 10.2. The second-order valence-corrected chi connectivity index (χ2v) is 4.10. The van der Waals surface area contributed by atoms with Gasteiger partial charge in [-0.2, -0.15) is 0 Å². The summed E-state index contributed by atoms with van der Waals surface area (Å²) in [6.45, 7) is 0.667. The molecule has 0 saturated heterocycles. The molecule has 1 aromatic rings. The van der Waals surface area contributed by atoms with Crippen LogP contribution in [0.15, 0.2) is 27.8 Å². The summed E-state index contributed by atoms with van der Waals surface area (Å²) in [5.41, 5.74) is 6.14. The van der Waals surface area contributed by atoms with Crippen molar-refractivity contribution in [1.82, 2.24) is 0 Å². The Hall–Kier alpha value is -1.30. The molecule has 0 unspecified atom stereocenters. The molecule has 0 radical (unpaired) electrons. The molecule has 0 atom stereocenters. The zero-order valence-electron chi connectivity index (χ0n) is 8.58. The highest BCUT2D eigenvalue weighted by Crippen LogP contribution is 2.22. The van der Waals surface area contributed by atoms with Crippen LogP contribution in [-0.2, 0) is 0 Å². The Morgan fingerprint density at radius 1 is 1.56 bits per heavy atom. The highest BCUT2D eigenvalue weighted by molar-refractivity contribution is 9.10. The molecule has 0 fully saturated rings. The Balaban J connectivity index is 2.37. The minimum Gasteiger partial charge on any atom is -0.409 e. The largest absolute Gasteiger partial charge is 0.409 e. The maximum absolute atomic E-state index is 12.8. The fourth-order valence-corrected chi connectivity index (χ4v) is 1.67. The second kappa shape index (κ2) is 6.32. The normalized spacial score (nSPS) is 11.5. The zero-order chi connectivity index (χ0) is 12.0. The summed E-state index contributed by atoms with van der Waals surface area (Å²) in [5, 5.41) is 14.3. The number of oxime groups is 1. The Morgan fingerprint density at radius 2 is 2.31 bits per heavy atom. The van der Waals surface area contributed by atoms with E-state index in [2.05, 4.69) is 26.4 Å². The highest BCUT2D eigenvalue weighted by Gasteiger charge is 2.00. The molecular weight excluding hydrogens is 277 g/mol. The number of anilines is 1. The first kappa shape index (κ1) is 12.8. The summed E-state index contributed by atoms with van der Waals surface area (Å²) in [5.74, 6) is -0.0749. The smallest absolute Gasteiger partial charge is 0.139 e. The third kappa shape index (κ3) is 4.06. The van der Waals surface area contributed by atoms with Gasteiger partial charge in [0.15, 0.2) is 0 Å². The van der Waals surface area contributed by atoms with Crippen molar-refractivity contribution in [2.75, 3.05) is 11.9 Å². The molecule has 0 aliphatic heterocycles. The van der Waals surface area contributed by atoms with Crippen molar-refractivity contribution >= 4 is 27.5 Å². The second-order valence-electron chi connectivity index (χ2n) is 3.25. The molecule has 0 aliphatic carbocycles. The molecule has 16 heavy (non-hydrogen) atoms. The van der Waals surface area contributed by atoms with E-state index in [9.17, 15) is 4.39 Å². The topological polar surface area (TPSA) is 70.6 Å². The molecule has 0 heterocycles. The lowest BCUT2D eigenvalue weighted by Gasteiger charge is -2.07. The summed E-state index contributed by atoms with van der Waals surface area (Å²) in [4.78, 5) is 0. The average Bonchev–Trinajstić information content (AvgIpc) is 2.26. The first-order valence-corrected chi connectivity index (χ1v) is 5.58. The van der Waals surface area contributed by atoms with Crippen LogP contribution in [0.25, 0.3) is 0 Å². The number of rotatable bonds is 5. The highest BCUT2D eigenvalue weighted by atomic mass is 79.9. The van der Waals surface area contributed by atoms with Crippen LogP contribution >= 0.6 is 15.9 Å². The summed E-state index contributed by atoms with van der Waals surface area (Å²) in [6.07, 6.45) is 1.25. The van der Waals surface area contributed by atoms with Crippen LogP contribution in [0.2, 0.25) is 0 Å². The number of nitrogens with zero attached hydrogens (tertiary/aromatic N) is 1. The molecule has 0 spiro atoms. The van der Waals surface area contributed by atoms with E-state index in [0.717, 1.165) is 12.1 Å². The van der Waals surface area contributed by atoms with Crippen LogP contribution in [-0.4, -0.2) is 17.6 Å². The van der Waals surface area contributed by atoms with Gasteiger partial charge in [-0.05, 0) is 40.5 Å². The maximum atomic E-state index is 12.8. The molecule has 4 nitrogen and oxygen atoms in total. The summed E-state index contributed by atoms with van der Waals surface area (Å²) in [6, 6.07) is 4.44. The first-order chi connectivity index (χ1) is 7.63. The van der Waals surface area contributed by atoms with E-state index in [1.807, 2.05) is 0 Å². The van der Waals surface area contributed by atoms with E-state index in [0.29, 0.717) is 17.4 Å². The van der Waals surface area contributed by atoms with Gasteiger partial charge in [-0.25, -0.2) is 4.39 Å².